The highest BCUT2D eigenvalue weighted by atomic mass is 15.3. The first-order valence-corrected chi connectivity index (χ1v) is 10.4. The number of piperidine rings is 1. The van der Waals surface area contributed by atoms with Crippen molar-refractivity contribution >= 4 is 16.5 Å². The molecule has 1 spiro atoms. The fraction of sp³-hybridized carbons (Fsp3) is 0.360. The molecule has 2 aliphatic heterocycles. The summed E-state index contributed by atoms with van der Waals surface area (Å²) in [6.45, 7) is 3.66. The Hall–Kier alpha value is -2.32. The van der Waals surface area contributed by atoms with E-state index < -0.39 is 0 Å². The number of para-hydroxylation sites is 1. The highest BCUT2D eigenvalue weighted by molar-refractivity contribution is 5.91. The first kappa shape index (κ1) is 15.7. The van der Waals surface area contributed by atoms with Crippen molar-refractivity contribution in [3.8, 4) is 0 Å². The van der Waals surface area contributed by atoms with Gasteiger partial charge in [-0.15, -0.1) is 0 Å². The average molecular weight is 354 g/mol. The van der Waals surface area contributed by atoms with E-state index in [1.165, 1.54) is 61.8 Å². The van der Waals surface area contributed by atoms with Crippen LogP contribution >= 0.6 is 0 Å². The summed E-state index contributed by atoms with van der Waals surface area (Å²) < 4.78 is 0. The Bertz CT molecular complexity index is 980. The lowest BCUT2D eigenvalue weighted by molar-refractivity contribution is 0.0862. The van der Waals surface area contributed by atoms with Crippen molar-refractivity contribution in [2.75, 3.05) is 24.5 Å². The van der Waals surface area contributed by atoms with Crippen LogP contribution in [0.3, 0.4) is 0 Å². The normalized spacial score (nSPS) is 23.7. The minimum atomic E-state index is 0.412. The van der Waals surface area contributed by atoms with Crippen LogP contribution in [0.2, 0.25) is 0 Å². The van der Waals surface area contributed by atoms with Gasteiger partial charge in [0.25, 0.3) is 0 Å². The van der Waals surface area contributed by atoms with Crippen LogP contribution in [0.5, 0.6) is 0 Å². The van der Waals surface area contributed by atoms with Gasteiger partial charge in [-0.1, -0.05) is 54.6 Å². The molecule has 0 amide bonds. The third kappa shape index (κ3) is 2.29. The third-order valence-electron chi connectivity index (χ3n) is 7.41. The third-order valence-corrected chi connectivity index (χ3v) is 7.41. The number of likely N-dealkylation sites (tertiary alicyclic amines) is 1. The summed E-state index contributed by atoms with van der Waals surface area (Å²) in [5.41, 5.74) is 4.93. The second-order valence-electron chi connectivity index (χ2n) is 8.58. The van der Waals surface area contributed by atoms with Gasteiger partial charge in [0.2, 0.25) is 0 Å². The molecule has 0 aromatic heterocycles. The molecular formula is C25H26N2. The molecule has 2 fully saturated rings. The molecule has 2 nitrogen and oxygen atoms in total. The maximum Gasteiger partial charge on any atom is 0.0443 e. The number of benzene rings is 3. The number of hydrogen-bond acceptors (Lipinski definition) is 2. The van der Waals surface area contributed by atoms with Crippen LogP contribution in [-0.2, 0) is 6.42 Å². The van der Waals surface area contributed by atoms with Crippen LogP contribution in [0, 0.1) is 0 Å². The molecule has 136 valence electrons. The van der Waals surface area contributed by atoms with Gasteiger partial charge in [-0.3, -0.25) is 4.90 Å². The smallest absolute Gasteiger partial charge is 0.0443 e. The first-order valence-electron chi connectivity index (χ1n) is 10.4. The number of nitrogens with zero attached hydrogens (tertiary/aromatic N) is 2. The summed E-state index contributed by atoms with van der Waals surface area (Å²) in [5, 5.41) is 2.94. The molecule has 3 aromatic carbocycles. The van der Waals surface area contributed by atoms with E-state index in [9.17, 15) is 0 Å². The fourth-order valence-electron chi connectivity index (χ4n) is 5.86. The van der Waals surface area contributed by atoms with Crippen molar-refractivity contribution in [1.29, 1.82) is 0 Å². The molecule has 0 saturated carbocycles. The predicted molar refractivity (Wildman–Crippen MR) is 112 cm³/mol. The van der Waals surface area contributed by atoms with Gasteiger partial charge in [0.1, 0.15) is 0 Å². The molecule has 2 saturated heterocycles. The highest BCUT2D eigenvalue weighted by Crippen LogP contribution is 2.46. The predicted octanol–water partition coefficient (Wildman–Crippen LogP) is 5.18. The number of anilines is 1. The standard InChI is InChI=1S/C25H26N2/c1-2-9-21(10-3-1)27-17-14-25(27)12-15-26(16-13-25)23-18-20-8-4-6-19-7-5-11-22(23)24(19)20/h1-11,23H,12-18H2. The zero-order valence-corrected chi connectivity index (χ0v) is 15.8. The van der Waals surface area contributed by atoms with Gasteiger partial charge in [0.15, 0.2) is 0 Å². The zero-order valence-electron chi connectivity index (χ0n) is 15.8. The van der Waals surface area contributed by atoms with Crippen LogP contribution in [0.4, 0.5) is 5.69 Å². The molecular weight excluding hydrogens is 328 g/mol. The number of rotatable bonds is 2. The van der Waals surface area contributed by atoms with Crippen molar-refractivity contribution in [3.63, 3.8) is 0 Å². The van der Waals surface area contributed by atoms with Gasteiger partial charge in [-0.25, -0.2) is 0 Å². The number of hydrogen-bond donors (Lipinski definition) is 0. The Labute approximate surface area is 161 Å². The van der Waals surface area contributed by atoms with Crippen LogP contribution in [0.25, 0.3) is 10.8 Å². The van der Waals surface area contributed by atoms with E-state index in [2.05, 4.69) is 76.5 Å². The van der Waals surface area contributed by atoms with E-state index in [-0.39, 0.29) is 0 Å². The lowest BCUT2D eigenvalue weighted by Gasteiger charge is -2.58. The first-order chi connectivity index (χ1) is 13.3. The Morgan fingerprint density at radius 3 is 2.22 bits per heavy atom. The minimum Gasteiger partial charge on any atom is -0.366 e. The van der Waals surface area contributed by atoms with Crippen LogP contribution in [-0.4, -0.2) is 30.1 Å². The summed E-state index contributed by atoms with van der Waals surface area (Å²) in [6.07, 6.45) is 5.14. The maximum atomic E-state index is 2.77. The molecule has 1 aliphatic carbocycles. The molecule has 3 aliphatic rings. The molecule has 2 heteroatoms. The minimum absolute atomic E-state index is 0.412. The van der Waals surface area contributed by atoms with Gasteiger partial charge in [0.05, 0.1) is 0 Å². The summed E-state index contributed by atoms with van der Waals surface area (Å²) in [4.78, 5) is 5.44. The van der Waals surface area contributed by atoms with Crippen LogP contribution in [0.1, 0.15) is 36.4 Å². The Morgan fingerprint density at radius 2 is 1.48 bits per heavy atom. The molecule has 1 unspecified atom stereocenters. The van der Waals surface area contributed by atoms with E-state index >= 15 is 0 Å². The monoisotopic (exact) mass is 354 g/mol. The molecule has 0 N–H and O–H groups in total. The Morgan fingerprint density at radius 1 is 0.741 bits per heavy atom. The van der Waals surface area contributed by atoms with Gasteiger partial charge < -0.3 is 4.90 Å². The lowest BCUT2D eigenvalue weighted by atomic mass is 9.75. The highest BCUT2D eigenvalue weighted by Gasteiger charge is 2.47. The topological polar surface area (TPSA) is 6.48 Å². The fourth-order valence-corrected chi connectivity index (χ4v) is 5.86. The van der Waals surface area contributed by atoms with E-state index in [0.717, 1.165) is 0 Å². The molecule has 1 atom stereocenters. The molecule has 2 heterocycles. The Balaban J connectivity index is 1.23. The van der Waals surface area contributed by atoms with Gasteiger partial charge >= 0.3 is 0 Å². The Kier molecular flexibility index (Phi) is 3.40. The molecule has 0 bridgehead atoms. The maximum absolute atomic E-state index is 2.77. The quantitative estimate of drug-likeness (QED) is 0.625. The zero-order chi connectivity index (χ0) is 17.8. The van der Waals surface area contributed by atoms with Gasteiger partial charge in [-0.2, -0.15) is 0 Å². The van der Waals surface area contributed by atoms with E-state index in [4.69, 9.17) is 0 Å². The van der Waals surface area contributed by atoms with E-state index in [1.807, 2.05) is 0 Å². The molecule has 0 radical (unpaired) electrons. The van der Waals surface area contributed by atoms with Gasteiger partial charge in [0, 0.05) is 36.9 Å². The van der Waals surface area contributed by atoms with Crippen LogP contribution < -0.4 is 4.90 Å². The summed E-state index contributed by atoms with van der Waals surface area (Å²) in [5.74, 6) is 0. The van der Waals surface area contributed by atoms with Crippen molar-refractivity contribution in [2.24, 2.45) is 0 Å². The second kappa shape index (κ2) is 5.84. The van der Waals surface area contributed by atoms with Crippen LogP contribution in [0.15, 0.2) is 66.7 Å². The van der Waals surface area contributed by atoms with Crippen molar-refractivity contribution < 1.29 is 0 Å². The summed E-state index contributed by atoms with van der Waals surface area (Å²) >= 11 is 0. The average Bonchev–Trinajstić information content (AvgIpc) is 3.09. The molecule has 27 heavy (non-hydrogen) atoms. The molecule has 3 aromatic rings. The lowest BCUT2D eigenvalue weighted by Crippen LogP contribution is -2.64. The van der Waals surface area contributed by atoms with Crippen molar-refractivity contribution in [2.45, 2.75) is 37.3 Å². The van der Waals surface area contributed by atoms with Gasteiger partial charge in [-0.05, 0) is 59.7 Å². The van der Waals surface area contributed by atoms with E-state index in [0.29, 0.717) is 11.6 Å². The summed E-state index contributed by atoms with van der Waals surface area (Å²) in [6, 6.07) is 25.3. The van der Waals surface area contributed by atoms with Crippen molar-refractivity contribution in [1.82, 2.24) is 4.90 Å². The van der Waals surface area contributed by atoms with E-state index in [1.54, 1.807) is 11.1 Å². The SMILES string of the molecule is c1ccc(N2CCC23CCN(C2Cc4cccc5cccc2c45)CC3)cc1. The summed E-state index contributed by atoms with van der Waals surface area (Å²) in [7, 11) is 0. The molecule has 6 rings (SSSR count). The van der Waals surface area contributed by atoms with Crippen molar-refractivity contribution in [3.05, 3.63) is 77.9 Å². The second-order valence-corrected chi connectivity index (χ2v) is 8.58. The largest absolute Gasteiger partial charge is 0.366 e.